The number of benzene rings is 1. The molecule has 2 heterocycles. The van der Waals surface area contributed by atoms with E-state index >= 15 is 0 Å². The Kier molecular flexibility index (Phi) is 5.32. The lowest BCUT2D eigenvalue weighted by molar-refractivity contribution is -0.210. The van der Waals surface area contributed by atoms with E-state index in [1.807, 2.05) is 12.1 Å². The lowest BCUT2D eigenvalue weighted by Crippen LogP contribution is -2.62. The Morgan fingerprint density at radius 2 is 2.00 bits per heavy atom. The number of furan rings is 1. The first-order valence-corrected chi connectivity index (χ1v) is 9.68. The normalized spacial score (nSPS) is 24.9. The van der Waals surface area contributed by atoms with Crippen molar-refractivity contribution < 1.29 is 18.7 Å². The number of rotatable bonds is 6. The minimum absolute atomic E-state index is 0.118. The molecular weight excluding hydrogens is 347 g/mol. The first-order valence-electron chi connectivity index (χ1n) is 9.68. The van der Waals surface area contributed by atoms with E-state index in [2.05, 4.69) is 4.90 Å². The van der Waals surface area contributed by atoms with Gasteiger partial charge in [0.1, 0.15) is 17.3 Å². The summed E-state index contributed by atoms with van der Waals surface area (Å²) >= 11 is 0. The molecule has 2 fully saturated rings. The van der Waals surface area contributed by atoms with Crippen LogP contribution in [0.15, 0.2) is 40.8 Å². The monoisotopic (exact) mass is 374 g/mol. The molecule has 1 saturated carbocycles. The summed E-state index contributed by atoms with van der Waals surface area (Å²) in [5, 5.41) is 10.3. The lowest BCUT2D eigenvalue weighted by Gasteiger charge is -2.56. The second kappa shape index (κ2) is 7.72. The summed E-state index contributed by atoms with van der Waals surface area (Å²) in [5.74, 6) is 1.11. The van der Waals surface area contributed by atoms with Crippen LogP contribution in [0.5, 0.6) is 0 Å². The number of aliphatic hydroxyl groups excluding tert-OH is 1. The number of piperidine rings is 1. The van der Waals surface area contributed by atoms with E-state index in [1.54, 1.807) is 18.2 Å². The second-order valence-electron chi connectivity index (χ2n) is 7.65. The molecule has 0 amide bonds. The van der Waals surface area contributed by atoms with Crippen molar-refractivity contribution >= 4 is 0 Å². The highest BCUT2D eigenvalue weighted by Crippen LogP contribution is 2.51. The summed E-state index contributed by atoms with van der Waals surface area (Å²) in [6.45, 7) is 3.52. The molecule has 3 N–H and O–H groups in total. The number of hydrogen-bond acceptors (Lipinski definition) is 5. The maximum absolute atomic E-state index is 13.9. The van der Waals surface area contributed by atoms with Crippen LogP contribution < -0.4 is 5.73 Å². The van der Waals surface area contributed by atoms with E-state index in [1.165, 1.54) is 6.07 Å². The van der Waals surface area contributed by atoms with Gasteiger partial charge in [-0.15, -0.1) is 0 Å². The maximum Gasteiger partial charge on any atom is 0.137 e. The summed E-state index contributed by atoms with van der Waals surface area (Å²) < 4.78 is 25.6. The van der Waals surface area contributed by atoms with Crippen molar-refractivity contribution in [3.8, 4) is 11.3 Å². The Bertz CT molecular complexity index is 770. The van der Waals surface area contributed by atoms with Gasteiger partial charge in [0, 0.05) is 18.4 Å². The average Bonchev–Trinajstić information content (AvgIpc) is 3.14. The standard InChI is InChI=1S/C21H27FN2O3/c22-17-4-2-1-3-16(17)18-6-5-15(27-18)14-24-10-7-21(8-11-24)19(25)13-20(21)26-12-9-23/h1-6,19-20,25H,7-14,23H2/t19-,20+/m0/s1. The number of aliphatic hydroxyl groups is 1. The highest BCUT2D eigenvalue weighted by Gasteiger charge is 2.56. The molecule has 1 spiro atoms. The molecule has 0 bridgehead atoms. The van der Waals surface area contributed by atoms with E-state index in [4.69, 9.17) is 14.9 Å². The Morgan fingerprint density at radius 3 is 2.70 bits per heavy atom. The zero-order chi connectivity index (χ0) is 18.9. The third-order valence-corrected chi connectivity index (χ3v) is 6.15. The van der Waals surface area contributed by atoms with Crippen LogP contribution in [-0.4, -0.2) is 48.5 Å². The van der Waals surface area contributed by atoms with Gasteiger partial charge in [-0.2, -0.15) is 0 Å². The molecule has 2 aliphatic rings. The van der Waals surface area contributed by atoms with E-state index in [9.17, 15) is 9.50 Å². The summed E-state index contributed by atoms with van der Waals surface area (Å²) in [5.41, 5.74) is 5.91. The minimum atomic E-state index is -0.279. The van der Waals surface area contributed by atoms with Crippen molar-refractivity contribution in [3.63, 3.8) is 0 Å². The summed E-state index contributed by atoms with van der Waals surface area (Å²) in [4.78, 5) is 2.32. The van der Waals surface area contributed by atoms with Crippen LogP contribution in [0.3, 0.4) is 0 Å². The van der Waals surface area contributed by atoms with Crippen molar-refractivity contribution in [1.29, 1.82) is 0 Å². The summed E-state index contributed by atoms with van der Waals surface area (Å²) in [6.07, 6.45) is 2.37. The molecule has 27 heavy (non-hydrogen) atoms. The largest absolute Gasteiger partial charge is 0.460 e. The number of likely N-dealkylation sites (tertiary alicyclic amines) is 1. The summed E-state index contributed by atoms with van der Waals surface area (Å²) in [6, 6.07) is 10.4. The van der Waals surface area contributed by atoms with Gasteiger partial charge >= 0.3 is 0 Å². The number of halogens is 1. The minimum Gasteiger partial charge on any atom is -0.460 e. The molecule has 2 atom stereocenters. The van der Waals surface area contributed by atoms with Crippen molar-refractivity contribution in [3.05, 3.63) is 48.0 Å². The van der Waals surface area contributed by atoms with E-state index in [0.717, 1.165) is 31.7 Å². The Labute approximate surface area is 158 Å². The second-order valence-corrected chi connectivity index (χ2v) is 7.65. The molecule has 1 saturated heterocycles. The van der Waals surface area contributed by atoms with Crippen LogP contribution in [0.25, 0.3) is 11.3 Å². The number of ether oxygens (including phenoxy) is 1. The molecule has 0 radical (unpaired) electrons. The predicted molar refractivity (Wildman–Crippen MR) is 100 cm³/mol. The average molecular weight is 374 g/mol. The van der Waals surface area contributed by atoms with E-state index < -0.39 is 0 Å². The van der Waals surface area contributed by atoms with Crippen molar-refractivity contribution in [1.82, 2.24) is 4.90 Å². The molecule has 5 nitrogen and oxygen atoms in total. The summed E-state index contributed by atoms with van der Waals surface area (Å²) in [7, 11) is 0. The molecule has 146 valence electrons. The molecule has 6 heteroatoms. The van der Waals surface area contributed by atoms with Crippen LogP contribution in [0, 0.1) is 11.2 Å². The predicted octanol–water partition coefficient (Wildman–Crippen LogP) is 2.78. The van der Waals surface area contributed by atoms with E-state index in [-0.39, 0.29) is 23.4 Å². The van der Waals surface area contributed by atoms with Gasteiger partial charge in [-0.3, -0.25) is 4.90 Å². The number of nitrogens with two attached hydrogens (primary N) is 1. The van der Waals surface area contributed by atoms with Crippen LogP contribution in [-0.2, 0) is 11.3 Å². The molecule has 2 aromatic rings. The fourth-order valence-electron chi connectivity index (χ4n) is 4.44. The molecule has 1 aromatic heterocycles. The van der Waals surface area contributed by atoms with Crippen molar-refractivity contribution in [2.24, 2.45) is 11.1 Å². The zero-order valence-electron chi connectivity index (χ0n) is 15.4. The topological polar surface area (TPSA) is 71.9 Å². The van der Waals surface area contributed by atoms with Crippen LogP contribution in [0.2, 0.25) is 0 Å². The number of hydrogen-bond donors (Lipinski definition) is 2. The van der Waals surface area contributed by atoms with Crippen molar-refractivity contribution in [2.75, 3.05) is 26.2 Å². The maximum atomic E-state index is 13.9. The van der Waals surface area contributed by atoms with Gasteiger partial charge in [-0.05, 0) is 50.2 Å². The third-order valence-electron chi connectivity index (χ3n) is 6.15. The highest BCUT2D eigenvalue weighted by molar-refractivity contribution is 5.58. The molecule has 0 unspecified atom stereocenters. The third kappa shape index (κ3) is 3.55. The first kappa shape index (κ1) is 18.6. The molecule has 4 rings (SSSR count). The van der Waals surface area contributed by atoms with Crippen molar-refractivity contribution in [2.45, 2.75) is 38.0 Å². The molecule has 1 aliphatic heterocycles. The quantitative estimate of drug-likeness (QED) is 0.814. The van der Waals surface area contributed by atoms with Crippen LogP contribution in [0.4, 0.5) is 4.39 Å². The SMILES string of the molecule is NCCO[C@@H]1C[C@H](O)C12CCN(Cc1ccc(-c3ccccc3F)o1)CC2. The van der Waals surface area contributed by atoms with Crippen LogP contribution in [0.1, 0.15) is 25.0 Å². The first-order chi connectivity index (χ1) is 13.1. The Hall–Kier alpha value is -1.73. The highest BCUT2D eigenvalue weighted by atomic mass is 19.1. The van der Waals surface area contributed by atoms with Gasteiger partial charge in [0.05, 0.1) is 30.9 Å². The smallest absolute Gasteiger partial charge is 0.137 e. The number of nitrogens with zero attached hydrogens (tertiary/aromatic N) is 1. The van der Waals surface area contributed by atoms with Gasteiger partial charge in [-0.25, -0.2) is 4.39 Å². The van der Waals surface area contributed by atoms with Gasteiger partial charge in [-0.1, -0.05) is 12.1 Å². The van der Waals surface area contributed by atoms with Gasteiger partial charge in [0.15, 0.2) is 0 Å². The van der Waals surface area contributed by atoms with Gasteiger partial charge in [0.25, 0.3) is 0 Å². The zero-order valence-corrected chi connectivity index (χ0v) is 15.4. The molecule has 1 aromatic carbocycles. The molecular formula is C21H27FN2O3. The fraction of sp³-hybridized carbons (Fsp3) is 0.524. The Morgan fingerprint density at radius 1 is 1.22 bits per heavy atom. The lowest BCUT2D eigenvalue weighted by atomic mass is 9.58. The van der Waals surface area contributed by atoms with Gasteiger partial charge < -0.3 is 20.0 Å². The van der Waals surface area contributed by atoms with E-state index in [0.29, 0.717) is 37.4 Å². The Balaban J connectivity index is 1.35. The fourth-order valence-corrected chi connectivity index (χ4v) is 4.44. The van der Waals surface area contributed by atoms with Crippen LogP contribution >= 0.6 is 0 Å². The van der Waals surface area contributed by atoms with Gasteiger partial charge in [0.2, 0.25) is 0 Å². The molecule has 1 aliphatic carbocycles.